The molecule has 8 heteroatoms. The molecule has 27 heavy (non-hydrogen) atoms. The van der Waals surface area contributed by atoms with Crippen LogP contribution >= 0.6 is 11.6 Å². The summed E-state index contributed by atoms with van der Waals surface area (Å²) in [6, 6.07) is 6.52. The average molecular weight is 391 g/mol. The number of rotatable bonds is 5. The zero-order valence-corrected chi connectivity index (χ0v) is 16.8. The Morgan fingerprint density at radius 3 is 2.48 bits per heavy atom. The largest absolute Gasteiger partial charge is 0.390 e. The van der Waals surface area contributed by atoms with Crippen LogP contribution in [0.15, 0.2) is 29.3 Å². The Morgan fingerprint density at radius 2 is 1.85 bits per heavy atom. The molecule has 2 aliphatic rings. The quantitative estimate of drug-likeness (QED) is 0.783. The minimum absolute atomic E-state index is 0.272. The van der Waals surface area contributed by atoms with Gasteiger partial charge in [0.25, 0.3) is 5.91 Å². The molecular weight excluding hydrogens is 366 g/mol. The highest BCUT2D eigenvalue weighted by atomic mass is 35.5. The van der Waals surface area contributed by atoms with Gasteiger partial charge in [-0.3, -0.25) is 19.9 Å². The highest BCUT2D eigenvalue weighted by molar-refractivity contribution is 6.30. The Morgan fingerprint density at radius 1 is 1.19 bits per heavy atom. The molecule has 1 fully saturated rings. The van der Waals surface area contributed by atoms with Gasteiger partial charge in [-0.2, -0.15) is 0 Å². The zero-order valence-electron chi connectivity index (χ0n) is 16.1. The molecule has 0 bridgehead atoms. The number of guanidine groups is 1. The second-order valence-corrected chi connectivity index (χ2v) is 7.74. The number of carbonyl (C=O) groups is 2. The van der Waals surface area contributed by atoms with Crippen molar-refractivity contribution in [2.45, 2.75) is 32.9 Å². The van der Waals surface area contributed by atoms with E-state index in [1.807, 2.05) is 28.8 Å². The number of fused-ring (bicyclic) bond motifs is 1. The van der Waals surface area contributed by atoms with Crippen LogP contribution in [-0.4, -0.2) is 64.8 Å². The normalized spacial score (nSPS) is 19.8. The summed E-state index contributed by atoms with van der Waals surface area (Å²) < 4.78 is 1.92. The Kier molecular flexibility index (Phi) is 5.51. The van der Waals surface area contributed by atoms with Crippen LogP contribution in [0.25, 0.3) is 0 Å². The zero-order chi connectivity index (χ0) is 19.7. The van der Waals surface area contributed by atoms with Crippen LogP contribution in [0.5, 0.6) is 0 Å². The number of nitrogens with zero attached hydrogens (tertiary/aromatic N) is 4. The van der Waals surface area contributed by atoms with E-state index in [-0.39, 0.29) is 11.9 Å². The molecule has 0 saturated carbocycles. The predicted molar refractivity (Wildman–Crippen MR) is 105 cm³/mol. The summed E-state index contributed by atoms with van der Waals surface area (Å²) in [6.07, 6.45) is 0.983. The molecule has 3 rings (SSSR count). The number of amides is 3. The van der Waals surface area contributed by atoms with E-state index in [0.717, 1.165) is 23.4 Å². The first-order valence-corrected chi connectivity index (χ1v) is 9.43. The first-order valence-electron chi connectivity index (χ1n) is 9.05. The van der Waals surface area contributed by atoms with E-state index in [2.05, 4.69) is 24.2 Å². The molecule has 2 aliphatic heterocycles. The van der Waals surface area contributed by atoms with Crippen LogP contribution in [0.4, 0.5) is 4.79 Å². The molecule has 1 aromatic rings. The molecule has 3 amide bonds. The maximum Gasteiger partial charge on any atom is 0.390 e. The maximum absolute atomic E-state index is 12.8. The van der Waals surface area contributed by atoms with Crippen molar-refractivity contribution in [1.29, 1.82) is 0 Å². The molecule has 0 aliphatic carbocycles. The first-order chi connectivity index (χ1) is 12.8. The molecule has 1 atom stereocenters. The van der Waals surface area contributed by atoms with Gasteiger partial charge in [0, 0.05) is 19.1 Å². The second kappa shape index (κ2) is 7.68. The lowest BCUT2D eigenvalue weighted by molar-refractivity contribution is -0.553. The van der Waals surface area contributed by atoms with Crippen LogP contribution in [0, 0.1) is 5.92 Å². The van der Waals surface area contributed by atoms with E-state index in [4.69, 9.17) is 11.6 Å². The van der Waals surface area contributed by atoms with Gasteiger partial charge < -0.3 is 0 Å². The van der Waals surface area contributed by atoms with Gasteiger partial charge in [-0.05, 0) is 30.0 Å². The summed E-state index contributed by atoms with van der Waals surface area (Å²) in [5, 5.41) is 4.00. The molecule has 1 N–H and O–H groups in total. The highest BCUT2D eigenvalue weighted by Crippen LogP contribution is 2.20. The third-order valence-electron chi connectivity index (χ3n) is 4.80. The number of aliphatic imine (C=N–C) groups is 1. The lowest BCUT2D eigenvalue weighted by Crippen LogP contribution is -2.61. The van der Waals surface area contributed by atoms with Gasteiger partial charge in [0.1, 0.15) is 0 Å². The van der Waals surface area contributed by atoms with E-state index in [1.165, 1.54) is 11.9 Å². The minimum atomic E-state index is -0.616. The predicted octanol–water partition coefficient (Wildman–Crippen LogP) is 2.15. The maximum atomic E-state index is 12.8. The molecule has 1 saturated heterocycles. The van der Waals surface area contributed by atoms with E-state index in [0.29, 0.717) is 29.3 Å². The van der Waals surface area contributed by atoms with Gasteiger partial charge in [0.15, 0.2) is 0 Å². The number of likely N-dealkylation sites (N-methyl/N-ethyl adjacent to an activating group) is 2. The highest BCUT2D eigenvalue weighted by Gasteiger charge is 2.51. The van der Waals surface area contributed by atoms with E-state index < -0.39 is 6.04 Å². The van der Waals surface area contributed by atoms with Crippen LogP contribution in [-0.2, 0) is 11.3 Å². The van der Waals surface area contributed by atoms with Crippen molar-refractivity contribution in [3.05, 3.63) is 34.9 Å². The molecule has 0 radical (unpaired) electrons. The Balaban J connectivity index is 1.93. The Hall–Kier alpha value is -2.41. The van der Waals surface area contributed by atoms with Crippen LogP contribution < -0.4 is 5.32 Å². The summed E-state index contributed by atoms with van der Waals surface area (Å²) in [7, 11) is 3.15. The van der Waals surface area contributed by atoms with Gasteiger partial charge in [0.05, 0.1) is 13.1 Å². The molecule has 7 nitrogen and oxygen atoms in total. The summed E-state index contributed by atoms with van der Waals surface area (Å²) in [5.74, 6) is 1.36. The molecule has 0 spiro atoms. The molecular formula is C19H25ClN5O2+. The van der Waals surface area contributed by atoms with E-state index in [1.54, 1.807) is 7.05 Å². The molecule has 0 aromatic heterocycles. The van der Waals surface area contributed by atoms with Crippen molar-refractivity contribution in [2.24, 2.45) is 10.9 Å². The van der Waals surface area contributed by atoms with Gasteiger partial charge in [-0.1, -0.05) is 42.6 Å². The monoisotopic (exact) mass is 390 g/mol. The summed E-state index contributed by atoms with van der Waals surface area (Å²) in [6.45, 7) is 5.54. The molecule has 2 heterocycles. The lowest BCUT2D eigenvalue weighted by Gasteiger charge is -2.31. The van der Waals surface area contributed by atoms with Crippen molar-refractivity contribution in [2.75, 3.05) is 20.6 Å². The number of hydrogen-bond donors (Lipinski definition) is 1. The van der Waals surface area contributed by atoms with Gasteiger partial charge in [-0.25, -0.2) is 9.37 Å². The first kappa shape index (κ1) is 19.4. The lowest BCUT2D eigenvalue weighted by atomic mass is 10.1. The summed E-state index contributed by atoms with van der Waals surface area (Å²) in [4.78, 5) is 32.3. The summed E-state index contributed by atoms with van der Waals surface area (Å²) in [5.41, 5.74) is 1.01. The minimum Gasteiger partial charge on any atom is -0.275 e. The Labute approximate surface area is 164 Å². The molecule has 144 valence electrons. The van der Waals surface area contributed by atoms with Gasteiger partial charge in [0.2, 0.25) is 11.9 Å². The third kappa shape index (κ3) is 3.83. The fourth-order valence-corrected chi connectivity index (χ4v) is 3.29. The van der Waals surface area contributed by atoms with Gasteiger partial charge >= 0.3 is 12.0 Å². The summed E-state index contributed by atoms with van der Waals surface area (Å²) >= 11 is 5.98. The Bertz CT molecular complexity index is 816. The van der Waals surface area contributed by atoms with Crippen molar-refractivity contribution in [1.82, 2.24) is 15.1 Å². The molecule has 1 unspecified atom stereocenters. The average Bonchev–Trinajstić information content (AvgIpc) is 2.98. The van der Waals surface area contributed by atoms with Crippen molar-refractivity contribution >= 4 is 35.3 Å². The van der Waals surface area contributed by atoms with Crippen LogP contribution in [0.3, 0.4) is 0 Å². The van der Waals surface area contributed by atoms with E-state index in [9.17, 15) is 9.59 Å². The topological polar surface area (TPSA) is 68.0 Å². The van der Waals surface area contributed by atoms with Crippen molar-refractivity contribution < 1.29 is 14.2 Å². The standard InChI is InChI=1S/C19H24ClN5O2/c1-12(2)9-10-21-18-22-16-15(17(26)24(4)19(27)23(16)3)25(18)11-13-5-7-14(20)8-6-13/h5-8,12,15H,9-11H2,1-4H3/p+1. The number of carbonyl (C=O) groups excluding carboxylic acids is 2. The fraction of sp³-hybridized carbons (Fsp3) is 0.474. The number of halogens is 1. The smallest absolute Gasteiger partial charge is 0.275 e. The number of amidine groups is 1. The number of urea groups is 1. The number of imide groups is 1. The van der Waals surface area contributed by atoms with Crippen molar-refractivity contribution in [3.63, 3.8) is 0 Å². The number of benzene rings is 1. The van der Waals surface area contributed by atoms with Crippen LogP contribution in [0.2, 0.25) is 5.02 Å². The van der Waals surface area contributed by atoms with Gasteiger partial charge in [-0.15, -0.1) is 0 Å². The number of nitrogens with one attached hydrogen (secondary N) is 1. The third-order valence-corrected chi connectivity index (χ3v) is 5.05. The van der Waals surface area contributed by atoms with Crippen LogP contribution in [0.1, 0.15) is 25.8 Å². The SMILES string of the molecule is CC(C)CCNC1=[N+](Cc2ccc(Cl)cc2)C2C(=O)N(C)C(=O)N(C)C2=N1. The second-order valence-electron chi connectivity index (χ2n) is 7.30. The number of hydrogen-bond acceptors (Lipinski definition) is 4. The van der Waals surface area contributed by atoms with E-state index >= 15 is 0 Å². The molecule has 1 aromatic carbocycles. The van der Waals surface area contributed by atoms with Crippen molar-refractivity contribution in [3.8, 4) is 0 Å². The fourth-order valence-electron chi connectivity index (χ4n) is 3.16.